The molecule has 0 aliphatic rings. The van der Waals surface area contributed by atoms with Gasteiger partial charge in [0.25, 0.3) is 0 Å². The molecule has 0 radical (unpaired) electrons. The highest BCUT2D eigenvalue weighted by Gasteiger charge is 2.09. The Hall–Kier alpha value is -2.00. The molecule has 0 aliphatic carbocycles. The molecule has 2 rings (SSSR count). The van der Waals surface area contributed by atoms with Gasteiger partial charge in [0.2, 0.25) is 0 Å². The lowest BCUT2D eigenvalue weighted by Gasteiger charge is -2.15. The zero-order valence-corrected chi connectivity index (χ0v) is 12.7. The highest BCUT2D eigenvalue weighted by Crippen LogP contribution is 2.20. The van der Waals surface area contributed by atoms with Crippen LogP contribution in [0.4, 0.5) is 0 Å². The molecule has 0 fully saturated rings. The Morgan fingerprint density at radius 2 is 1.71 bits per heavy atom. The number of nitrogens with two attached hydrogens (primary N) is 1. The minimum Gasteiger partial charge on any atom is -0.497 e. The summed E-state index contributed by atoms with van der Waals surface area (Å²) >= 11 is 0. The van der Waals surface area contributed by atoms with Gasteiger partial charge < -0.3 is 15.2 Å². The Bertz CT molecular complexity index is 551. The van der Waals surface area contributed by atoms with Crippen LogP contribution in [0.1, 0.15) is 18.1 Å². The maximum atomic E-state index is 6.29. The molecular weight excluding hydrogens is 262 g/mol. The molecule has 0 saturated heterocycles. The molecule has 2 aromatic carbocycles. The summed E-state index contributed by atoms with van der Waals surface area (Å²) in [5.74, 6) is 1.80. The van der Waals surface area contributed by atoms with Crippen LogP contribution in [0.2, 0.25) is 0 Å². The quantitative estimate of drug-likeness (QED) is 0.849. The van der Waals surface area contributed by atoms with E-state index in [-0.39, 0.29) is 6.04 Å². The lowest BCUT2D eigenvalue weighted by Crippen LogP contribution is -2.25. The molecule has 1 unspecified atom stereocenters. The van der Waals surface area contributed by atoms with Crippen molar-refractivity contribution >= 4 is 0 Å². The van der Waals surface area contributed by atoms with Crippen LogP contribution in [-0.4, -0.2) is 19.8 Å². The van der Waals surface area contributed by atoms with Gasteiger partial charge in [-0.15, -0.1) is 0 Å². The van der Waals surface area contributed by atoms with Crippen molar-refractivity contribution < 1.29 is 9.47 Å². The van der Waals surface area contributed by atoms with Gasteiger partial charge in [0.15, 0.2) is 0 Å². The van der Waals surface area contributed by atoms with E-state index in [0.717, 1.165) is 24.3 Å². The van der Waals surface area contributed by atoms with Crippen molar-refractivity contribution in [2.45, 2.75) is 25.8 Å². The molecule has 3 nitrogen and oxygen atoms in total. The van der Waals surface area contributed by atoms with E-state index in [0.29, 0.717) is 6.61 Å². The smallest absolute Gasteiger partial charge is 0.122 e. The summed E-state index contributed by atoms with van der Waals surface area (Å²) in [7, 11) is 1.67. The van der Waals surface area contributed by atoms with E-state index < -0.39 is 0 Å². The first-order valence-electron chi connectivity index (χ1n) is 7.32. The molecule has 0 bridgehead atoms. The fourth-order valence-corrected chi connectivity index (χ4v) is 2.39. The minimum absolute atomic E-state index is 0.0694. The largest absolute Gasteiger partial charge is 0.497 e. The third-order valence-corrected chi connectivity index (χ3v) is 3.41. The molecule has 2 aromatic rings. The maximum absolute atomic E-state index is 6.29. The van der Waals surface area contributed by atoms with Crippen molar-refractivity contribution in [1.29, 1.82) is 0 Å². The van der Waals surface area contributed by atoms with Gasteiger partial charge in [-0.25, -0.2) is 0 Å². The SMILES string of the molecule is CCOc1ccccc1CC(N)Cc1ccc(OC)cc1. The Kier molecular flexibility index (Phi) is 5.64. The molecular formula is C18H23NO2. The van der Waals surface area contributed by atoms with E-state index in [1.807, 2.05) is 37.3 Å². The number of benzene rings is 2. The second kappa shape index (κ2) is 7.70. The highest BCUT2D eigenvalue weighted by molar-refractivity contribution is 5.34. The summed E-state index contributed by atoms with van der Waals surface area (Å²) in [6.45, 7) is 2.67. The fourth-order valence-electron chi connectivity index (χ4n) is 2.39. The summed E-state index contributed by atoms with van der Waals surface area (Å²) in [4.78, 5) is 0. The van der Waals surface area contributed by atoms with Gasteiger partial charge in [0, 0.05) is 6.04 Å². The number of hydrogen-bond donors (Lipinski definition) is 1. The summed E-state index contributed by atoms with van der Waals surface area (Å²) in [5, 5.41) is 0. The third kappa shape index (κ3) is 4.50. The van der Waals surface area contributed by atoms with Crippen LogP contribution < -0.4 is 15.2 Å². The van der Waals surface area contributed by atoms with Crippen molar-refractivity contribution in [2.75, 3.05) is 13.7 Å². The first-order valence-corrected chi connectivity index (χ1v) is 7.32. The van der Waals surface area contributed by atoms with Crippen molar-refractivity contribution in [1.82, 2.24) is 0 Å². The van der Waals surface area contributed by atoms with E-state index in [1.54, 1.807) is 7.11 Å². The van der Waals surface area contributed by atoms with Crippen LogP contribution in [0, 0.1) is 0 Å². The Morgan fingerprint density at radius 1 is 1.00 bits per heavy atom. The second-order valence-corrected chi connectivity index (χ2v) is 5.06. The lowest BCUT2D eigenvalue weighted by molar-refractivity contribution is 0.335. The van der Waals surface area contributed by atoms with Crippen LogP contribution in [0.3, 0.4) is 0 Å². The summed E-state index contributed by atoms with van der Waals surface area (Å²) in [6, 6.07) is 16.2. The first kappa shape index (κ1) is 15.4. The number of ether oxygens (including phenoxy) is 2. The van der Waals surface area contributed by atoms with Gasteiger partial charge in [-0.3, -0.25) is 0 Å². The van der Waals surface area contributed by atoms with E-state index in [2.05, 4.69) is 18.2 Å². The zero-order chi connectivity index (χ0) is 15.1. The fraction of sp³-hybridized carbons (Fsp3) is 0.333. The molecule has 2 N–H and O–H groups in total. The van der Waals surface area contributed by atoms with Gasteiger partial charge >= 0.3 is 0 Å². The topological polar surface area (TPSA) is 44.5 Å². The van der Waals surface area contributed by atoms with Crippen molar-refractivity contribution in [3.8, 4) is 11.5 Å². The van der Waals surface area contributed by atoms with Gasteiger partial charge in [0.05, 0.1) is 13.7 Å². The van der Waals surface area contributed by atoms with Crippen LogP contribution in [-0.2, 0) is 12.8 Å². The van der Waals surface area contributed by atoms with Crippen LogP contribution in [0.25, 0.3) is 0 Å². The van der Waals surface area contributed by atoms with E-state index in [4.69, 9.17) is 15.2 Å². The maximum Gasteiger partial charge on any atom is 0.122 e. The van der Waals surface area contributed by atoms with Gasteiger partial charge in [-0.2, -0.15) is 0 Å². The Morgan fingerprint density at radius 3 is 2.38 bits per heavy atom. The normalized spacial score (nSPS) is 12.0. The van der Waals surface area contributed by atoms with Crippen molar-refractivity contribution in [3.63, 3.8) is 0 Å². The van der Waals surface area contributed by atoms with Crippen molar-refractivity contribution in [3.05, 3.63) is 59.7 Å². The average molecular weight is 285 g/mol. The van der Waals surface area contributed by atoms with E-state index in [9.17, 15) is 0 Å². The number of para-hydroxylation sites is 1. The molecule has 0 aromatic heterocycles. The predicted molar refractivity (Wildman–Crippen MR) is 86.0 cm³/mol. The second-order valence-electron chi connectivity index (χ2n) is 5.06. The predicted octanol–water partition coefficient (Wildman–Crippen LogP) is 3.21. The first-order chi connectivity index (χ1) is 10.2. The summed E-state index contributed by atoms with van der Waals surface area (Å²) < 4.78 is 10.8. The summed E-state index contributed by atoms with van der Waals surface area (Å²) in [5.41, 5.74) is 8.67. The number of hydrogen-bond acceptors (Lipinski definition) is 3. The van der Waals surface area contributed by atoms with Gasteiger partial charge in [-0.1, -0.05) is 30.3 Å². The molecule has 112 valence electrons. The third-order valence-electron chi connectivity index (χ3n) is 3.41. The Labute approximate surface area is 126 Å². The molecule has 1 atom stereocenters. The highest BCUT2D eigenvalue weighted by atomic mass is 16.5. The molecule has 3 heteroatoms. The summed E-state index contributed by atoms with van der Waals surface area (Å²) in [6.07, 6.45) is 1.65. The van der Waals surface area contributed by atoms with E-state index >= 15 is 0 Å². The lowest BCUT2D eigenvalue weighted by atomic mass is 9.99. The van der Waals surface area contributed by atoms with Crippen LogP contribution >= 0.6 is 0 Å². The molecule has 0 amide bonds. The Balaban J connectivity index is 1.99. The zero-order valence-electron chi connectivity index (χ0n) is 12.7. The van der Waals surface area contributed by atoms with E-state index in [1.165, 1.54) is 11.1 Å². The monoisotopic (exact) mass is 285 g/mol. The number of methoxy groups -OCH3 is 1. The average Bonchev–Trinajstić information content (AvgIpc) is 2.50. The molecule has 0 aliphatic heterocycles. The molecule has 21 heavy (non-hydrogen) atoms. The number of rotatable bonds is 7. The standard InChI is InChI=1S/C18H23NO2/c1-3-21-18-7-5-4-6-15(18)13-16(19)12-14-8-10-17(20-2)11-9-14/h4-11,16H,3,12-13,19H2,1-2H3. The minimum atomic E-state index is 0.0694. The van der Waals surface area contributed by atoms with Crippen LogP contribution in [0.5, 0.6) is 11.5 Å². The van der Waals surface area contributed by atoms with Gasteiger partial charge in [0.1, 0.15) is 11.5 Å². The molecule has 0 spiro atoms. The van der Waals surface area contributed by atoms with Crippen molar-refractivity contribution in [2.24, 2.45) is 5.73 Å². The molecule has 0 saturated carbocycles. The molecule has 0 heterocycles. The van der Waals surface area contributed by atoms with Gasteiger partial charge in [-0.05, 0) is 49.1 Å². The van der Waals surface area contributed by atoms with Crippen LogP contribution in [0.15, 0.2) is 48.5 Å².